The van der Waals surface area contributed by atoms with E-state index in [-0.39, 0.29) is 11.3 Å². The van der Waals surface area contributed by atoms with Crippen molar-refractivity contribution in [3.63, 3.8) is 0 Å². The van der Waals surface area contributed by atoms with Crippen molar-refractivity contribution in [2.45, 2.75) is 13.8 Å². The topological polar surface area (TPSA) is 67.9 Å². The van der Waals surface area contributed by atoms with Crippen molar-refractivity contribution in [2.24, 2.45) is 0 Å². The molecular formula is C12H13N3O2. The standard InChI is InChI=1S/C12H13N3O2/c1-3-17-10-6-9(7-14-12(10)16)11-13-5-4-8(2)15-11/h4-7H,3H2,1-2H3,(H,14,16). The Bertz CT molecular complexity index is 578. The summed E-state index contributed by atoms with van der Waals surface area (Å²) in [6, 6.07) is 3.47. The molecule has 0 atom stereocenters. The van der Waals surface area contributed by atoms with Crippen molar-refractivity contribution >= 4 is 0 Å². The van der Waals surface area contributed by atoms with Gasteiger partial charge in [-0.3, -0.25) is 4.79 Å². The van der Waals surface area contributed by atoms with Crippen molar-refractivity contribution in [2.75, 3.05) is 6.61 Å². The Kier molecular flexibility index (Phi) is 3.18. The summed E-state index contributed by atoms with van der Waals surface area (Å²) in [5.74, 6) is 0.859. The molecule has 0 fully saturated rings. The minimum atomic E-state index is -0.247. The number of pyridine rings is 1. The second-order valence-corrected chi connectivity index (χ2v) is 3.54. The second-order valence-electron chi connectivity index (χ2n) is 3.54. The smallest absolute Gasteiger partial charge is 0.290 e. The Morgan fingerprint density at radius 2 is 2.29 bits per heavy atom. The quantitative estimate of drug-likeness (QED) is 0.870. The molecule has 2 rings (SSSR count). The van der Waals surface area contributed by atoms with Crippen molar-refractivity contribution < 1.29 is 4.74 Å². The van der Waals surface area contributed by atoms with Crippen molar-refractivity contribution in [3.8, 4) is 17.1 Å². The van der Waals surface area contributed by atoms with E-state index in [2.05, 4.69) is 15.0 Å². The van der Waals surface area contributed by atoms with Crippen LogP contribution in [-0.4, -0.2) is 21.6 Å². The maximum absolute atomic E-state index is 11.4. The fourth-order valence-electron chi connectivity index (χ4n) is 1.44. The lowest BCUT2D eigenvalue weighted by molar-refractivity contribution is 0.335. The highest BCUT2D eigenvalue weighted by Gasteiger charge is 2.06. The van der Waals surface area contributed by atoms with E-state index in [0.717, 1.165) is 11.3 Å². The summed E-state index contributed by atoms with van der Waals surface area (Å²) < 4.78 is 5.23. The summed E-state index contributed by atoms with van der Waals surface area (Å²) in [6.45, 7) is 4.16. The molecule has 0 aliphatic carbocycles. The predicted molar refractivity (Wildman–Crippen MR) is 64.0 cm³/mol. The van der Waals surface area contributed by atoms with Crippen molar-refractivity contribution in [1.29, 1.82) is 0 Å². The summed E-state index contributed by atoms with van der Waals surface area (Å²) in [5, 5.41) is 0. The number of H-pyrrole nitrogens is 1. The maximum Gasteiger partial charge on any atom is 0.290 e. The van der Waals surface area contributed by atoms with Gasteiger partial charge in [0.1, 0.15) is 0 Å². The zero-order chi connectivity index (χ0) is 12.3. The zero-order valence-electron chi connectivity index (χ0n) is 9.73. The fourth-order valence-corrected chi connectivity index (χ4v) is 1.44. The van der Waals surface area contributed by atoms with Gasteiger partial charge in [-0.15, -0.1) is 0 Å². The normalized spacial score (nSPS) is 10.2. The van der Waals surface area contributed by atoms with Crippen LogP contribution in [0.2, 0.25) is 0 Å². The molecule has 1 N–H and O–H groups in total. The lowest BCUT2D eigenvalue weighted by Crippen LogP contribution is -2.10. The van der Waals surface area contributed by atoms with Crippen LogP contribution in [0.1, 0.15) is 12.6 Å². The van der Waals surface area contributed by atoms with E-state index in [1.807, 2.05) is 19.9 Å². The summed E-state index contributed by atoms with van der Waals surface area (Å²) in [7, 11) is 0. The Morgan fingerprint density at radius 3 is 3.00 bits per heavy atom. The first-order chi connectivity index (χ1) is 8.20. The van der Waals surface area contributed by atoms with Gasteiger partial charge in [0, 0.05) is 23.7 Å². The Balaban J connectivity index is 2.46. The molecular weight excluding hydrogens is 218 g/mol. The van der Waals surface area contributed by atoms with E-state index in [0.29, 0.717) is 12.4 Å². The average molecular weight is 231 g/mol. The van der Waals surface area contributed by atoms with Gasteiger partial charge in [-0.25, -0.2) is 9.97 Å². The third-order valence-electron chi connectivity index (χ3n) is 2.22. The molecule has 0 amide bonds. The molecule has 0 aliphatic heterocycles. The Morgan fingerprint density at radius 1 is 1.47 bits per heavy atom. The van der Waals surface area contributed by atoms with Crippen molar-refractivity contribution in [3.05, 3.63) is 40.6 Å². The number of ether oxygens (including phenoxy) is 1. The number of aromatic nitrogens is 3. The van der Waals surface area contributed by atoms with Crippen LogP contribution >= 0.6 is 0 Å². The summed E-state index contributed by atoms with van der Waals surface area (Å²) in [5.41, 5.74) is 1.36. The van der Waals surface area contributed by atoms with Crippen LogP contribution in [0.25, 0.3) is 11.4 Å². The highest BCUT2D eigenvalue weighted by molar-refractivity contribution is 5.55. The fraction of sp³-hybridized carbons (Fsp3) is 0.250. The number of hydrogen-bond acceptors (Lipinski definition) is 4. The number of aromatic amines is 1. The maximum atomic E-state index is 11.4. The predicted octanol–water partition coefficient (Wildman–Crippen LogP) is 1.54. The zero-order valence-corrected chi connectivity index (χ0v) is 9.73. The van der Waals surface area contributed by atoms with E-state index in [9.17, 15) is 4.79 Å². The monoisotopic (exact) mass is 231 g/mol. The van der Waals surface area contributed by atoms with Gasteiger partial charge in [-0.05, 0) is 26.0 Å². The highest BCUT2D eigenvalue weighted by atomic mass is 16.5. The van der Waals surface area contributed by atoms with Crippen LogP contribution < -0.4 is 10.3 Å². The molecule has 0 bridgehead atoms. The van der Waals surface area contributed by atoms with Gasteiger partial charge in [0.15, 0.2) is 11.6 Å². The van der Waals surface area contributed by atoms with Gasteiger partial charge < -0.3 is 9.72 Å². The molecule has 88 valence electrons. The first kappa shape index (κ1) is 11.3. The van der Waals surface area contributed by atoms with Crippen LogP contribution in [0.4, 0.5) is 0 Å². The molecule has 5 heteroatoms. The van der Waals surface area contributed by atoms with E-state index < -0.39 is 0 Å². The molecule has 0 aromatic carbocycles. The van der Waals surface area contributed by atoms with Crippen LogP contribution in [-0.2, 0) is 0 Å². The van der Waals surface area contributed by atoms with E-state index in [4.69, 9.17) is 4.74 Å². The largest absolute Gasteiger partial charge is 0.488 e. The first-order valence-corrected chi connectivity index (χ1v) is 5.36. The number of nitrogens with one attached hydrogen (secondary N) is 1. The molecule has 0 unspecified atom stereocenters. The van der Waals surface area contributed by atoms with E-state index in [1.165, 1.54) is 0 Å². The second kappa shape index (κ2) is 4.78. The van der Waals surface area contributed by atoms with Gasteiger partial charge in [0.05, 0.1) is 6.61 Å². The van der Waals surface area contributed by atoms with E-state index >= 15 is 0 Å². The van der Waals surface area contributed by atoms with Crippen LogP contribution in [0.5, 0.6) is 5.75 Å². The summed E-state index contributed by atoms with van der Waals surface area (Å²) in [6.07, 6.45) is 3.27. The minimum Gasteiger partial charge on any atom is -0.488 e. The minimum absolute atomic E-state index is 0.247. The average Bonchev–Trinajstić information content (AvgIpc) is 2.32. The molecule has 2 heterocycles. The van der Waals surface area contributed by atoms with Crippen LogP contribution in [0, 0.1) is 6.92 Å². The lowest BCUT2D eigenvalue weighted by Gasteiger charge is -2.04. The first-order valence-electron chi connectivity index (χ1n) is 5.36. The third kappa shape index (κ3) is 2.50. The number of nitrogens with zero attached hydrogens (tertiary/aromatic N) is 2. The molecule has 0 aliphatic rings. The van der Waals surface area contributed by atoms with Gasteiger partial charge in [0.2, 0.25) is 0 Å². The molecule has 17 heavy (non-hydrogen) atoms. The van der Waals surface area contributed by atoms with E-state index in [1.54, 1.807) is 18.5 Å². The van der Waals surface area contributed by atoms with Gasteiger partial charge in [0.25, 0.3) is 5.56 Å². The summed E-state index contributed by atoms with van der Waals surface area (Å²) >= 11 is 0. The Labute approximate surface area is 98.5 Å². The van der Waals surface area contributed by atoms with Gasteiger partial charge in [-0.1, -0.05) is 0 Å². The number of rotatable bonds is 3. The van der Waals surface area contributed by atoms with Crippen LogP contribution in [0.3, 0.4) is 0 Å². The number of aryl methyl sites for hydroxylation is 1. The van der Waals surface area contributed by atoms with Crippen molar-refractivity contribution in [1.82, 2.24) is 15.0 Å². The molecule has 0 saturated heterocycles. The molecule has 0 radical (unpaired) electrons. The highest BCUT2D eigenvalue weighted by Crippen LogP contribution is 2.16. The molecule has 0 saturated carbocycles. The Hall–Kier alpha value is -2.17. The molecule has 5 nitrogen and oxygen atoms in total. The van der Waals surface area contributed by atoms with Gasteiger partial charge in [-0.2, -0.15) is 0 Å². The summed E-state index contributed by atoms with van der Waals surface area (Å²) in [4.78, 5) is 22.5. The van der Waals surface area contributed by atoms with Crippen LogP contribution in [0.15, 0.2) is 29.3 Å². The number of hydrogen-bond donors (Lipinski definition) is 1. The lowest BCUT2D eigenvalue weighted by atomic mass is 10.2. The van der Waals surface area contributed by atoms with Gasteiger partial charge >= 0.3 is 0 Å². The third-order valence-corrected chi connectivity index (χ3v) is 2.22. The molecule has 0 spiro atoms. The molecule has 2 aromatic heterocycles. The molecule has 2 aromatic rings. The SMILES string of the molecule is CCOc1cc(-c2nccc(C)n2)c[nH]c1=O.